The van der Waals surface area contributed by atoms with Crippen molar-refractivity contribution in [3.8, 4) is 0 Å². The number of alkyl halides is 2. The molecule has 0 saturated carbocycles. The maximum Gasteiger partial charge on any atom is 0.331 e. The summed E-state index contributed by atoms with van der Waals surface area (Å²) in [6.45, 7) is 3.38. The number of Topliss-reactive ketones (excluding diaryl/α,β-unsaturated/α-hetero) is 1. The number of allylic oxidation sites excluding steroid dienone is 2. The molecule has 0 N–H and O–H groups in total. The van der Waals surface area contributed by atoms with E-state index in [1.165, 1.54) is 24.3 Å². The lowest BCUT2D eigenvalue weighted by atomic mass is 9.77. The van der Waals surface area contributed by atoms with Crippen LogP contribution in [0.2, 0.25) is 0 Å². The van der Waals surface area contributed by atoms with E-state index in [4.69, 9.17) is 9.47 Å². The zero-order valence-corrected chi connectivity index (χ0v) is 15.2. The summed E-state index contributed by atoms with van der Waals surface area (Å²) in [6.07, 6.45) is 0.612. The van der Waals surface area contributed by atoms with Gasteiger partial charge in [-0.05, 0) is 26.7 Å². The summed E-state index contributed by atoms with van der Waals surface area (Å²) in [5, 5.41) is 0. The topological polar surface area (TPSA) is 69.7 Å². The van der Waals surface area contributed by atoms with Gasteiger partial charge in [-0.2, -0.15) is 8.78 Å². The van der Waals surface area contributed by atoms with Gasteiger partial charge in [0.15, 0.2) is 0 Å². The fourth-order valence-electron chi connectivity index (χ4n) is 3.08. The van der Waals surface area contributed by atoms with Crippen LogP contribution in [-0.2, 0) is 19.1 Å². The van der Waals surface area contributed by atoms with Gasteiger partial charge in [-0.25, -0.2) is 0 Å². The molecule has 2 rings (SSSR count). The van der Waals surface area contributed by atoms with Crippen LogP contribution in [0.15, 0.2) is 42.0 Å². The highest BCUT2D eigenvalue weighted by molar-refractivity contribution is 6.03. The number of esters is 2. The van der Waals surface area contributed by atoms with Crippen molar-refractivity contribution in [1.29, 1.82) is 0 Å². The molecule has 0 fully saturated rings. The summed E-state index contributed by atoms with van der Waals surface area (Å²) in [7, 11) is 0. The van der Waals surface area contributed by atoms with Gasteiger partial charge in [-0.3, -0.25) is 14.4 Å². The van der Waals surface area contributed by atoms with Gasteiger partial charge >= 0.3 is 17.9 Å². The highest BCUT2D eigenvalue weighted by atomic mass is 19.3. The molecule has 1 aliphatic rings. The third kappa shape index (κ3) is 4.59. The van der Waals surface area contributed by atoms with Gasteiger partial charge in [-0.1, -0.05) is 36.4 Å². The van der Waals surface area contributed by atoms with E-state index in [-0.39, 0.29) is 25.2 Å². The molecule has 0 aliphatic heterocycles. The third-order valence-corrected chi connectivity index (χ3v) is 4.45. The van der Waals surface area contributed by atoms with Crippen LogP contribution < -0.4 is 0 Å². The van der Waals surface area contributed by atoms with Crippen LogP contribution in [0.25, 0.3) is 0 Å². The van der Waals surface area contributed by atoms with Gasteiger partial charge in [-0.15, -0.1) is 0 Å². The van der Waals surface area contributed by atoms with Crippen LogP contribution in [0.1, 0.15) is 37.0 Å². The fraction of sp³-hybridized carbons (Fsp3) is 0.450. The van der Waals surface area contributed by atoms with Crippen molar-refractivity contribution < 1.29 is 32.6 Å². The normalized spacial score (nSPS) is 19.8. The van der Waals surface area contributed by atoms with Gasteiger partial charge in [0.25, 0.3) is 0 Å². The van der Waals surface area contributed by atoms with Gasteiger partial charge in [0.1, 0.15) is 0 Å². The SMILES string of the molecule is CCOC(=O)[C@H]1CC=C(C(F)(F)C(=O)c2ccccc2)C[C@@H]1C(=O)OCC. The lowest BCUT2D eigenvalue weighted by molar-refractivity contribution is -0.160. The van der Waals surface area contributed by atoms with Crippen molar-refractivity contribution in [3.63, 3.8) is 0 Å². The van der Waals surface area contributed by atoms with Crippen LogP contribution in [0, 0.1) is 11.8 Å². The van der Waals surface area contributed by atoms with Gasteiger partial charge < -0.3 is 9.47 Å². The van der Waals surface area contributed by atoms with Crippen molar-refractivity contribution >= 4 is 17.7 Å². The Morgan fingerprint density at radius 3 is 2.11 bits per heavy atom. The number of hydrogen-bond acceptors (Lipinski definition) is 5. The average Bonchev–Trinajstić information content (AvgIpc) is 2.68. The first-order valence-electron chi connectivity index (χ1n) is 8.83. The molecule has 0 heterocycles. The van der Waals surface area contributed by atoms with Crippen molar-refractivity contribution in [2.45, 2.75) is 32.6 Å². The maximum absolute atomic E-state index is 14.8. The van der Waals surface area contributed by atoms with Crippen molar-refractivity contribution in [2.24, 2.45) is 11.8 Å². The molecule has 1 aromatic rings. The van der Waals surface area contributed by atoms with E-state index in [0.29, 0.717) is 0 Å². The molecule has 1 aromatic carbocycles. The standard InChI is InChI=1S/C20H22F2O5/c1-3-26-18(24)15-11-10-14(12-16(15)19(25)27-4-2)20(21,22)17(23)13-8-6-5-7-9-13/h5-10,15-16H,3-4,11-12H2,1-2H3/t15-,16-/m0/s1. The number of benzene rings is 1. The number of hydrogen-bond donors (Lipinski definition) is 0. The predicted octanol–water partition coefficient (Wildman–Crippen LogP) is 3.58. The van der Waals surface area contributed by atoms with Crippen LogP contribution in [0.4, 0.5) is 8.78 Å². The Bertz CT molecular complexity index is 727. The minimum Gasteiger partial charge on any atom is -0.466 e. The van der Waals surface area contributed by atoms with E-state index in [2.05, 4.69) is 0 Å². The monoisotopic (exact) mass is 380 g/mol. The summed E-state index contributed by atoms with van der Waals surface area (Å²) in [4.78, 5) is 36.6. The smallest absolute Gasteiger partial charge is 0.331 e. The number of rotatable bonds is 7. The molecule has 2 atom stereocenters. The molecule has 0 saturated heterocycles. The van der Waals surface area contributed by atoms with Crippen LogP contribution >= 0.6 is 0 Å². The molecular formula is C20H22F2O5. The van der Waals surface area contributed by atoms with E-state index < -0.39 is 47.5 Å². The zero-order chi connectivity index (χ0) is 20.0. The molecule has 0 spiro atoms. The summed E-state index contributed by atoms with van der Waals surface area (Å²) in [5.74, 6) is -8.51. The largest absolute Gasteiger partial charge is 0.466 e. The fourth-order valence-corrected chi connectivity index (χ4v) is 3.08. The van der Waals surface area contributed by atoms with E-state index in [9.17, 15) is 23.2 Å². The molecule has 0 aromatic heterocycles. The van der Waals surface area contributed by atoms with E-state index in [1.807, 2.05) is 0 Å². The Hall–Kier alpha value is -2.57. The minimum atomic E-state index is -3.77. The first-order valence-corrected chi connectivity index (χ1v) is 8.83. The molecule has 0 bridgehead atoms. The molecule has 0 amide bonds. The Kier molecular flexibility index (Phi) is 6.82. The predicted molar refractivity (Wildman–Crippen MR) is 93.3 cm³/mol. The molecule has 0 unspecified atom stereocenters. The lowest BCUT2D eigenvalue weighted by Gasteiger charge is -2.31. The average molecular weight is 380 g/mol. The first kappa shape index (κ1) is 20.7. The molecule has 5 nitrogen and oxygen atoms in total. The molecule has 146 valence electrons. The Labute approximate surface area is 156 Å². The second-order valence-electron chi connectivity index (χ2n) is 6.16. The second-order valence-corrected chi connectivity index (χ2v) is 6.16. The molecule has 0 radical (unpaired) electrons. The van der Waals surface area contributed by atoms with Crippen molar-refractivity contribution in [2.75, 3.05) is 13.2 Å². The Balaban J connectivity index is 2.30. The summed E-state index contributed by atoms with van der Waals surface area (Å²) >= 11 is 0. The number of ketones is 1. The van der Waals surface area contributed by atoms with E-state index in [0.717, 1.165) is 6.08 Å². The maximum atomic E-state index is 14.8. The third-order valence-electron chi connectivity index (χ3n) is 4.45. The summed E-state index contributed by atoms with van der Waals surface area (Å²) in [6, 6.07) is 7.23. The summed E-state index contributed by atoms with van der Waals surface area (Å²) in [5.41, 5.74) is -0.599. The van der Waals surface area contributed by atoms with Crippen molar-refractivity contribution in [3.05, 3.63) is 47.5 Å². The molecule has 27 heavy (non-hydrogen) atoms. The molecule has 1 aliphatic carbocycles. The van der Waals surface area contributed by atoms with Crippen LogP contribution in [0.3, 0.4) is 0 Å². The van der Waals surface area contributed by atoms with E-state index >= 15 is 0 Å². The van der Waals surface area contributed by atoms with Crippen LogP contribution in [-0.4, -0.2) is 36.9 Å². The van der Waals surface area contributed by atoms with Crippen LogP contribution in [0.5, 0.6) is 0 Å². The first-order chi connectivity index (χ1) is 12.8. The molecular weight excluding hydrogens is 358 g/mol. The number of carbonyl (C=O) groups is 3. The lowest BCUT2D eigenvalue weighted by Crippen LogP contribution is -2.40. The number of carbonyl (C=O) groups excluding carboxylic acids is 3. The highest BCUT2D eigenvalue weighted by Gasteiger charge is 2.48. The number of halogens is 2. The quantitative estimate of drug-likeness (QED) is 0.411. The number of ether oxygens (including phenoxy) is 2. The second kappa shape index (κ2) is 8.88. The van der Waals surface area contributed by atoms with E-state index in [1.54, 1.807) is 19.9 Å². The highest BCUT2D eigenvalue weighted by Crippen LogP contribution is 2.40. The molecule has 7 heteroatoms. The van der Waals surface area contributed by atoms with Crippen molar-refractivity contribution in [1.82, 2.24) is 0 Å². The van der Waals surface area contributed by atoms with Gasteiger partial charge in [0.05, 0.1) is 25.0 Å². The van der Waals surface area contributed by atoms with Gasteiger partial charge in [0.2, 0.25) is 5.78 Å². The van der Waals surface area contributed by atoms with Gasteiger partial charge in [0, 0.05) is 11.1 Å². The Morgan fingerprint density at radius 2 is 1.56 bits per heavy atom. The Morgan fingerprint density at radius 1 is 1.00 bits per heavy atom. The zero-order valence-electron chi connectivity index (χ0n) is 15.2. The minimum absolute atomic E-state index is 0.0588. The summed E-state index contributed by atoms with van der Waals surface area (Å²) < 4.78 is 39.5.